The number of nitrogens with zero attached hydrogens (tertiary/aromatic N) is 1. The fourth-order valence-corrected chi connectivity index (χ4v) is 6.04. The molecule has 8 nitrogen and oxygen atoms in total. The minimum Gasteiger partial charge on any atom is -0.464 e. The van der Waals surface area contributed by atoms with Gasteiger partial charge in [0.2, 0.25) is 5.91 Å². The molecule has 2 aromatic carbocycles. The first-order valence-corrected chi connectivity index (χ1v) is 14.5. The van der Waals surface area contributed by atoms with E-state index in [0.717, 1.165) is 24.0 Å². The molecule has 2 aromatic rings. The number of aryl methyl sites for hydroxylation is 2. The van der Waals surface area contributed by atoms with Gasteiger partial charge in [-0.1, -0.05) is 54.6 Å². The van der Waals surface area contributed by atoms with Crippen molar-refractivity contribution in [3.63, 3.8) is 0 Å². The number of hydrogen-bond donors (Lipinski definition) is 1. The monoisotopic (exact) mass is 560 g/mol. The first-order valence-electron chi connectivity index (χ1n) is 14.5. The van der Waals surface area contributed by atoms with E-state index in [-0.39, 0.29) is 31.6 Å². The highest BCUT2D eigenvalue weighted by Gasteiger charge is 2.62. The molecule has 0 aromatic heterocycles. The summed E-state index contributed by atoms with van der Waals surface area (Å²) in [5, 5.41) is 2.92. The molecule has 0 spiro atoms. The van der Waals surface area contributed by atoms with Gasteiger partial charge in [-0.05, 0) is 69.2 Å². The van der Waals surface area contributed by atoms with Crippen molar-refractivity contribution in [3.8, 4) is 0 Å². The third kappa shape index (κ3) is 5.89. The van der Waals surface area contributed by atoms with Gasteiger partial charge in [0, 0.05) is 12.3 Å². The maximum atomic E-state index is 13.8. The summed E-state index contributed by atoms with van der Waals surface area (Å²) in [6.45, 7) is 11.3. The Bertz CT molecular complexity index is 1290. The van der Waals surface area contributed by atoms with Crippen molar-refractivity contribution >= 4 is 18.0 Å². The number of esters is 1. The standard InChI is InChI=1S/C33H40N2O6/c1-6-23-19-33(23,30(37)39-7-2)34-29(36)27-18-24(20-35(27)31(38)41-32(3,4)5)40-28-25-14-10-8-12-21(25)16-17-22-13-9-11-15-26(22)28/h6,8-15,23-24,27-28H,1,7,16-20H2,2-5H3,(H,34,36)/t23-,24+,27-,33-/m0/s1. The Labute approximate surface area is 242 Å². The lowest BCUT2D eigenvalue weighted by Crippen LogP contribution is -2.53. The zero-order valence-electron chi connectivity index (χ0n) is 24.4. The van der Waals surface area contributed by atoms with Crippen molar-refractivity contribution in [1.29, 1.82) is 0 Å². The molecule has 1 N–H and O–H groups in total. The smallest absolute Gasteiger partial charge is 0.411 e. The predicted molar refractivity (Wildman–Crippen MR) is 154 cm³/mol. The molecule has 2 aliphatic carbocycles. The van der Waals surface area contributed by atoms with Crippen LogP contribution < -0.4 is 5.32 Å². The zero-order valence-corrected chi connectivity index (χ0v) is 24.4. The summed E-state index contributed by atoms with van der Waals surface area (Å²) >= 11 is 0. The van der Waals surface area contributed by atoms with E-state index in [4.69, 9.17) is 14.2 Å². The molecule has 0 unspecified atom stereocenters. The average molecular weight is 561 g/mol. The molecule has 0 bridgehead atoms. The second kappa shape index (κ2) is 11.3. The number of benzene rings is 2. The third-order valence-corrected chi connectivity index (χ3v) is 8.15. The van der Waals surface area contributed by atoms with Crippen LogP contribution in [0.15, 0.2) is 61.2 Å². The molecule has 1 aliphatic heterocycles. The molecule has 1 saturated heterocycles. The van der Waals surface area contributed by atoms with Crippen LogP contribution in [0.3, 0.4) is 0 Å². The number of likely N-dealkylation sites (tertiary alicyclic amines) is 1. The molecular formula is C33H40N2O6. The maximum Gasteiger partial charge on any atom is 0.411 e. The Kier molecular flexibility index (Phi) is 7.97. The summed E-state index contributed by atoms with van der Waals surface area (Å²) < 4.78 is 17.8. The predicted octanol–water partition coefficient (Wildman–Crippen LogP) is 4.89. The largest absolute Gasteiger partial charge is 0.464 e. The van der Waals surface area contributed by atoms with Crippen molar-refractivity contribution in [3.05, 3.63) is 83.4 Å². The first-order chi connectivity index (χ1) is 19.6. The molecule has 41 heavy (non-hydrogen) atoms. The number of carbonyl (C=O) groups is 3. The summed E-state index contributed by atoms with van der Waals surface area (Å²) in [6, 6.07) is 15.7. The topological polar surface area (TPSA) is 94.2 Å². The Balaban J connectivity index is 1.42. The van der Waals surface area contributed by atoms with Gasteiger partial charge >= 0.3 is 12.1 Å². The number of carbonyl (C=O) groups excluding carboxylic acids is 3. The Morgan fingerprint density at radius 1 is 1.05 bits per heavy atom. The average Bonchev–Trinajstić information content (AvgIpc) is 3.53. The van der Waals surface area contributed by atoms with E-state index in [1.54, 1.807) is 33.8 Å². The number of amides is 2. The molecule has 3 aliphatic rings. The van der Waals surface area contributed by atoms with E-state index >= 15 is 0 Å². The molecule has 1 heterocycles. The lowest BCUT2D eigenvalue weighted by molar-refractivity contribution is -0.149. The van der Waals surface area contributed by atoms with Crippen LogP contribution in [0.4, 0.5) is 4.79 Å². The maximum absolute atomic E-state index is 13.8. The number of fused-ring (bicyclic) bond motifs is 2. The second-order valence-electron chi connectivity index (χ2n) is 12.1. The summed E-state index contributed by atoms with van der Waals surface area (Å²) in [5.41, 5.74) is 2.75. The van der Waals surface area contributed by atoms with Gasteiger partial charge in [-0.25, -0.2) is 9.59 Å². The third-order valence-electron chi connectivity index (χ3n) is 8.15. The fraction of sp³-hybridized carbons (Fsp3) is 0.485. The van der Waals surface area contributed by atoms with Crippen LogP contribution in [-0.4, -0.2) is 59.3 Å². The van der Waals surface area contributed by atoms with Crippen molar-refractivity contribution in [2.24, 2.45) is 5.92 Å². The van der Waals surface area contributed by atoms with Gasteiger partial charge in [-0.2, -0.15) is 0 Å². The normalized spacial score (nSPS) is 25.4. The molecular weight excluding hydrogens is 520 g/mol. The summed E-state index contributed by atoms with van der Waals surface area (Å²) in [4.78, 5) is 41.4. The van der Waals surface area contributed by atoms with Gasteiger partial charge in [0.1, 0.15) is 23.3 Å². The van der Waals surface area contributed by atoms with Crippen LogP contribution in [0.1, 0.15) is 68.9 Å². The number of ether oxygens (including phenoxy) is 3. The highest BCUT2D eigenvalue weighted by molar-refractivity contribution is 5.95. The van der Waals surface area contributed by atoms with Crippen molar-refractivity contribution in [2.75, 3.05) is 13.2 Å². The summed E-state index contributed by atoms with van der Waals surface area (Å²) in [5.74, 6) is -1.14. The fourth-order valence-electron chi connectivity index (χ4n) is 6.04. The highest BCUT2D eigenvalue weighted by atomic mass is 16.6. The SMILES string of the molecule is C=C[C@H]1C[C@@]1(NC(=O)[C@@H]1C[C@@H](OC2c3ccccc3CCc3ccccc32)CN1C(=O)OC(C)(C)C)C(=O)OCC. The summed E-state index contributed by atoms with van der Waals surface area (Å²) in [6.07, 6.45) is 2.79. The first kappa shape index (κ1) is 28.9. The minimum absolute atomic E-state index is 0.186. The molecule has 1 saturated carbocycles. The van der Waals surface area contributed by atoms with Crippen molar-refractivity contribution in [2.45, 2.75) is 82.8 Å². The second-order valence-corrected chi connectivity index (χ2v) is 12.1. The lowest BCUT2D eigenvalue weighted by Gasteiger charge is -2.29. The molecule has 218 valence electrons. The van der Waals surface area contributed by atoms with Crippen molar-refractivity contribution < 1.29 is 28.6 Å². The van der Waals surface area contributed by atoms with Crippen LogP contribution in [-0.2, 0) is 36.6 Å². The molecule has 4 atom stereocenters. The van der Waals surface area contributed by atoms with Gasteiger partial charge in [-0.15, -0.1) is 6.58 Å². The Morgan fingerprint density at radius 3 is 2.20 bits per heavy atom. The van der Waals surface area contributed by atoms with Gasteiger partial charge in [0.25, 0.3) is 0 Å². The Morgan fingerprint density at radius 2 is 1.66 bits per heavy atom. The number of rotatable bonds is 7. The molecule has 2 amide bonds. The van der Waals surface area contributed by atoms with E-state index in [1.165, 1.54) is 16.0 Å². The van der Waals surface area contributed by atoms with Crippen LogP contribution in [0.25, 0.3) is 0 Å². The van der Waals surface area contributed by atoms with Gasteiger partial charge in [0.15, 0.2) is 0 Å². The van der Waals surface area contributed by atoms with E-state index < -0.39 is 41.3 Å². The van der Waals surface area contributed by atoms with E-state index in [9.17, 15) is 14.4 Å². The molecule has 0 radical (unpaired) electrons. The van der Waals surface area contributed by atoms with Crippen molar-refractivity contribution in [1.82, 2.24) is 10.2 Å². The van der Waals surface area contributed by atoms with Gasteiger partial charge in [0.05, 0.1) is 19.3 Å². The molecule has 2 fully saturated rings. The zero-order chi connectivity index (χ0) is 29.4. The number of nitrogens with one attached hydrogen (secondary N) is 1. The molecule has 5 rings (SSSR count). The highest BCUT2D eigenvalue weighted by Crippen LogP contribution is 2.46. The number of hydrogen-bond acceptors (Lipinski definition) is 6. The Hall–Kier alpha value is -3.65. The lowest BCUT2D eigenvalue weighted by atomic mass is 9.96. The van der Waals surface area contributed by atoms with E-state index in [0.29, 0.717) is 6.42 Å². The van der Waals surface area contributed by atoms with Gasteiger partial charge in [-0.3, -0.25) is 9.69 Å². The van der Waals surface area contributed by atoms with Gasteiger partial charge < -0.3 is 19.5 Å². The van der Waals surface area contributed by atoms with Crippen LogP contribution in [0.2, 0.25) is 0 Å². The van der Waals surface area contributed by atoms with E-state index in [2.05, 4.69) is 36.2 Å². The van der Waals surface area contributed by atoms with Crippen LogP contribution in [0, 0.1) is 5.92 Å². The quantitative estimate of drug-likeness (QED) is 0.383. The minimum atomic E-state index is -1.16. The molecule has 8 heteroatoms. The van der Waals surface area contributed by atoms with E-state index in [1.807, 2.05) is 24.3 Å². The summed E-state index contributed by atoms with van der Waals surface area (Å²) in [7, 11) is 0. The van der Waals surface area contributed by atoms with Crippen LogP contribution >= 0.6 is 0 Å². The van der Waals surface area contributed by atoms with Crippen LogP contribution in [0.5, 0.6) is 0 Å².